The maximum Gasteiger partial charge on any atom is 0.256 e. The van der Waals surface area contributed by atoms with E-state index in [0.717, 1.165) is 33.4 Å². The minimum Gasteiger partial charge on any atom is -0.457 e. The molecule has 0 bridgehead atoms. The van der Waals surface area contributed by atoms with Gasteiger partial charge < -0.3 is 25.5 Å². The minimum atomic E-state index is -0.176. The summed E-state index contributed by atoms with van der Waals surface area (Å²) < 4.78 is 15.3. The van der Waals surface area contributed by atoms with Crippen LogP contribution >= 0.6 is 0 Å². The highest BCUT2D eigenvalue weighted by Crippen LogP contribution is 2.29. The number of carbonyl (C=O) groups excluding carboxylic acids is 1. The Balaban J connectivity index is 0.000000175. The van der Waals surface area contributed by atoms with Crippen molar-refractivity contribution in [3.8, 4) is 45.5 Å². The molecule has 51 heavy (non-hydrogen) atoms. The van der Waals surface area contributed by atoms with Crippen LogP contribution < -0.4 is 20.5 Å². The lowest BCUT2D eigenvalue weighted by Gasteiger charge is -2.10. The second-order valence-electron chi connectivity index (χ2n) is 11.6. The number of anilines is 2. The second kappa shape index (κ2) is 14.5. The maximum atomic E-state index is 12.8. The third-order valence-electron chi connectivity index (χ3n) is 7.73. The van der Waals surface area contributed by atoms with Gasteiger partial charge in [-0.1, -0.05) is 18.2 Å². The van der Waals surface area contributed by atoms with Crippen molar-refractivity contribution in [2.75, 3.05) is 11.1 Å². The molecule has 0 aliphatic carbocycles. The molecule has 0 spiro atoms. The van der Waals surface area contributed by atoms with Crippen LogP contribution in [0.2, 0.25) is 0 Å². The number of aromatic nitrogens is 7. The zero-order chi connectivity index (χ0) is 35.2. The summed E-state index contributed by atoms with van der Waals surface area (Å²) in [6.45, 7) is 0. The maximum absolute atomic E-state index is 12.8. The fourth-order valence-electron chi connectivity index (χ4n) is 5.34. The monoisotopic (exact) mass is 675 g/mol. The van der Waals surface area contributed by atoms with Gasteiger partial charge in [-0.15, -0.1) is 0 Å². The van der Waals surface area contributed by atoms with Crippen LogP contribution in [-0.2, 0) is 14.1 Å². The van der Waals surface area contributed by atoms with Crippen LogP contribution in [0.4, 0.5) is 11.4 Å². The number of pyridine rings is 2. The smallest absolute Gasteiger partial charge is 0.256 e. The molecule has 0 radical (unpaired) electrons. The van der Waals surface area contributed by atoms with Gasteiger partial charge >= 0.3 is 0 Å². The largest absolute Gasteiger partial charge is 0.457 e. The van der Waals surface area contributed by atoms with Gasteiger partial charge in [-0.2, -0.15) is 10.2 Å². The number of amides is 1. The number of hydrogen-bond donors (Lipinski definition) is 3. The number of H-pyrrole nitrogens is 1. The van der Waals surface area contributed by atoms with E-state index >= 15 is 0 Å². The van der Waals surface area contributed by atoms with Crippen molar-refractivity contribution in [1.29, 1.82) is 0 Å². The lowest BCUT2D eigenvalue weighted by Crippen LogP contribution is -2.12. The molecule has 0 fully saturated rings. The molecule has 8 aromatic rings. The molecule has 5 heterocycles. The van der Waals surface area contributed by atoms with Gasteiger partial charge in [0.25, 0.3) is 5.91 Å². The minimum absolute atomic E-state index is 0.176. The van der Waals surface area contributed by atoms with E-state index in [9.17, 15) is 4.79 Å². The summed E-state index contributed by atoms with van der Waals surface area (Å²) in [7, 11) is 3.73. The van der Waals surface area contributed by atoms with Crippen molar-refractivity contribution >= 4 is 28.2 Å². The third kappa shape index (κ3) is 7.92. The van der Waals surface area contributed by atoms with Gasteiger partial charge in [0.05, 0.1) is 23.8 Å². The van der Waals surface area contributed by atoms with Crippen molar-refractivity contribution in [1.82, 2.24) is 34.5 Å². The fourth-order valence-corrected chi connectivity index (χ4v) is 5.34. The van der Waals surface area contributed by atoms with Crippen LogP contribution in [0, 0.1) is 0 Å². The number of nitrogen functional groups attached to an aromatic ring is 1. The fraction of sp³-hybridized carbons (Fsp3) is 0.0513. The summed E-state index contributed by atoms with van der Waals surface area (Å²) in [5.41, 5.74) is 12.0. The van der Waals surface area contributed by atoms with Crippen LogP contribution in [0.3, 0.4) is 0 Å². The molecule has 3 aromatic carbocycles. The van der Waals surface area contributed by atoms with Crippen molar-refractivity contribution in [3.05, 3.63) is 146 Å². The Hall–Kier alpha value is -7.21. The van der Waals surface area contributed by atoms with Gasteiger partial charge in [-0.25, -0.2) is 0 Å². The van der Waals surface area contributed by atoms with Crippen molar-refractivity contribution in [2.45, 2.75) is 0 Å². The number of nitrogens with one attached hydrogen (secondary N) is 2. The molecule has 4 N–H and O–H groups in total. The number of nitrogens with zero attached hydrogens (tertiary/aromatic N) is 6. The first kappa shape index (κ1) is 32.3. The molecule has 0 aliphatic rings. The summed E-state index contributed by atoms with van der Waals surface area (Å²) >= 11 is 0. The molecule has 0 saturated carbocycles. The molecule has 0 aliphatic heterocycles. The first-order valence-electron chi connectivity index (χ1n) is 16.0. The van der Waals surface area contributed by atoms with E-state index in [2.05, 4.69) is 30.5 Å². The van der Waals surface area contributed by atoms with Gasteiger partial charge in [0, 0.05) is 108 Å². The number of hydrogen-bond acceptors (Lipinski definition) is 8. The molecule has 0 saturated heterocycles. The Morgan fingerprint density at radius 3 is 1.90 bits per heavy atom. The predicted molar refractivity (Wildman–Crippen MR) is 197 cm³/mol. The summed E-state index contributed by atoms with van der Waals surface area (Å²) in [5, 5.41) is 12.1. The molecule has 0 unspecified atom stereocenters. The zero-order valence-corrected chi connectivity index (χ0v) is 27.8. The summed E-state index contributed by atoms with van der Waals surface area (Å²) in [6, 6.07) is 29.4. The summed E-state index contributed by atoms with van der Waals surface area (Å²) in [5.74, 6) is 2.50. The Morgan fingerprint density at radius 2 is 1.29 bits per heavy atom. The number of rotatable bonds is 8. The molecular formula is C39H33N9O3. The van der Waals surface area contributed by atoms with Gasteiger partial charge in [0.2, 0.25) is 0 Å². The Kier molecular flexibility index (Phi) is 9.20. The van der Waals surface area contributed by atoms with E-state index in [1.165, 1.54) is 0 Å². The van der Waals surface area contributed by atoms with E-state index in [1.807, 2.05) is 112 Å². The van der Waals surface area contributed by atoms with Crippen molar-refractivity contribution in [2.24, 2.45) is 14.1 Å². The number of ether oxygens (including phenoxy) is 2. The van der Waals surface area contributed by atoms with Crippen LogP contribution in [0.5, 0.6) is 23.0 Å². The average molecular weight is 676 g/mol. The second-order valence-corrected chi connectivity index (χ2v) is 11.6. The Labute approximate surface area is 293 Å². The standard InChI is InChI=1S/C24H19N5O2.C15H14N4O/c1-29-15-16(14-27-29)23-13-19(8-10-26-23)31-18-5-2-4-17(12-18)28-24(30)21-6-3-7-22-20(21)9-11-25-22;1-19-10-11(9-18-19)15-8-14(5-6-17-15)20-13-4-2-3-12(16)7-13/h2-15,25H,1H3,(H,28,30);2-10H,16H2,1H3. The van der Waals surface area contributed by atoms with Crippen molar-refractivity contribution < 1.29 is 14.3 Å². The van der Waals surface area contributed by atoms with Crippen LogP contribution in [-0.4, -0.2) is 40.4 Å². The van der Waals surface area contributed by atoms with Crippen LogP contribution in [0.15, 0.2) is 140 Å². The normalized spacial score (nSPS) is 10.7. The first-order valence-corrected chi connectivity index (χ1v) is 16.0. The highest BCUT2D eigenvalue weighted by atomic mass is 16.5. The van der Waals surface area contributed by atoms with E-state index < -0.39 is 0 Å². The number of aromatic amines is 1. The Morgan fingerprint density at radius 1 is 0.706 bits per heavy atom. The lowest BCUT2D eigenvalue weighted by molar-refractivity contribution is 0.102. The van der Waals surface area contributed by atoms with Gasteiger partial charge in [-0.3, -0.25) is 24.1 Å². The number of nitrogens with two attached hydrogens (primary N) is 1. The molecule has 5 aromatic heterocycles. The number of carbonyl (C=O) groups is 1. The summed E-state index contributed by atoms with van der Waals surface area (Å²) in [6.07, 6.45) is 12.6. The van der Waals surface area contributed by atoms with E-state index in [-0.39, 0.29) is 5.91 Å². The van der Waals surface area contributed by atoms with Crippen LogP contribution in [0.1, 0.15) is 10.4 Å². The van der Waals surface area contributed by atoms with Crippen molar-refractivity contribution in [3.63, 3.8) is 0 Å². The predicted octanol–water partition coefficient (Wildman–Crippen LogP) is 7.86. The number of fused-ring (bicyclic) bond motifs is 1. The quantitative estimate of drug-likeness (QED) is 0.138. The number of aryl methyl sites for hydroxylation is 2. The van der Waals surface area contributed by atoms with E-state index in [1.54, 1.807) is 52.4 Å². The first-order chi connectivity index (χ1) is 24.9. The third-order valence-corrected chi connectivity index (χ3v) is 7.73. The zero-order valence-electron chi connectivity index (χ0n) is 27.8. The van der Waals surface area contributed by atoms with Gasteiger partial charge in [0.1, 0.15) is 23.0 Å². The highest BCUT2D eigenvalue weighted by molar-refractivity contribution is 6.12. The topological polar surface area (TPSA) is 151 Å². The van der Waals surface area contributed by atoms with Crippen LogP contribution in [0.25, 0.3) is 33.4 Å². The average Bonchev–Trinajstić information content (AvgIpc) is 3.90. The highest BCUT2D eigenvalue weighted by Gasteiger charge is 2.12. The number of benzene rings is 3. The SMILES string of the molecule is Cn1cc(-c2cc(Oc3cccc(N)c3)ccn2)cn1.Cn1cc(-c2cc(Oc3cccc(NC(=O)c4cccc5[nH]ccc45)c3)ccn2)cn1. The van der Waals surface area contributed by atoms with Gasteiger partial charge in [-0.05, 0) is 54.6 Å². The van der Waals surface area contributed by atoms with Gasteiger partial charge in [0.15, 0.2) is 0 Å². The Bertz CT molecular complexity index is 2450. The molecule has 12 heteroatoms. The molecule has 1 amide bonds. The van der Waals surface area contributed by atoms with E-state index in [4.69, 9.17) is 15.2 Å². The lowest BCUT2D eigenvalue weighted by atomic mass is 10.1. The molecule has 0 atom stereocenters. The molecular weight excluding hydrogens is 642 g/mol. The molecule has 8 rings (SSSR count). The molecule has 252 valence electrons. The summed E-state index contributed by atoms with van der Waals surface area (Å²) in [4.78, 5) is 24.6. The van der Waals surface area contributed by atoms with E-state index in [0.29, 0.717) is 39.9 Å². The molecule has 12 nitrogen and oxygen atoms in total.